The van der Waals surface area contributed by atoms with Gasteiger partial charge in [-0.05, 0) is 24.3 Å². The standard InChI is InChI=1S/C12H11NOS2/c14-10-4-2-1-3-8(10)12-13-9-5-6-15-7-11(9)16-12/h1-4,14H,5-7H2. The Kier molecular flexibility index (Phi) is 2.61. The zero-order chi connectivity index (χ0) is 11.0. The van der Waals surface area contributed by atoms with Gasteiger partial charge >= 0.3 is 0 Å². The number of thioether (sulfide) groups is 1. The Hall–Kier alpha value is -1.000. The SMILES string of the molecule is Oc1ccccc1-c1nc2c(s1)CSCC2. The monoisotopic (exact) mass is 249 g/mol. The van der Waals surface area contributed by atoms with Crippen LogP contribution in [0.5, 0.6) is 5.75 Å². The maximum Gasteiger partial charge on any atom is 0.127 e. The predicted octanol–water partition coefficient (Wildman–Crippen LogP) is 3.31. The van der Waals surface area contributed by atoms with Crippen molar-refractivity contribution < 1.29 is 5.11 Å². The lowest BCUT2D eigenvalue weighted by Crippen LogP contribution is -1.99. The number of nitrogens with zero attached hydrogens (tertiary/aromatic N) is 1. The molecule has 3 rings (SSSR count). The molecule has 0 aliphatic carbocycles. The molecule has 0 amide bonds. The molecule has 0 radical (unpaired) electrons. The van der Waals surface area contributed by atoms with Gasteiger partial charge < -0.3 is 5.11 Å². The topological polar surface area (TPSA) is 33.1 Å². The van der Waals surface area contributed by atoms with Crippen LogP contribution in [0.4, 0.5) is 0 Å². The van der Waals surface area contributed by atoms with E-state index in [1.807, 2.05) is 30.0 Å². The summed E-state index contributed by atoms with van der Waals surface area (Å²) in [6.07, 6.45) is 1.06. The first-order valence-corrected chi connectivity index (χ1v) is 7.16. The number of fused-ring (bicyclic) bond motifs is 1. The van der Waals surface area contributed by atoms with Crippen LogP contribution in [0.1, 0.15) is 10.6 Å². The van der Waals surface area contributed by atoms with E-state index < -0.39 is 0 Å². The molecule has 1 N–H and O–H groups in total. The van der Waals surface area contributed by atoms with Gasteiger partial charge in [0, 0.05) is 10.6 Å². The van der Waals surface area contributed by atoms with Crippen LogP contribution in [-0.4, -0.2) is 15.8 Å². The average molecular weight is 249 g/mol. The summed E-state index contributed by atoms with van der Waals surface area (Å²) in [5.41, 5.74) is 2.08. The van der Waals surface area contributed by atoms with E-state index in [4.69, 9.17) is 0 Å². The highest BCUT2D eigenvalue weighted by molar-refractivity contribution is 7.98. The number of benzene rings is 1. The molecule has 0 saturated carbocycles. The number of rotatable bonds is 1. The minimum Gasteiger partial charge on any atom is -0.507 e. The van der Waals surface area contributed by atoms with Gasteiger partial charge in [0.2, 0.25) is 0 Å². The molecular formula is C12H11NOS2. The van der Waals surface area contributed by atoms with Crippen LogP contribution in [-0.2, 0) is 12.2 Å². The van der Waals surface area contributed by atoms with Crippen LogP contribution in [0, 0.1) is 0 Å². The fourth-order valence-electron chi connectivity index (χ4n) is 1.79. The summed E-state index contributed by atoms with van der Waals surface area (Å²) in [7, 11) is 0. The lowest BCUT2D eigenvalue weighted by Gasteiger charge is -2.06. The van der Waals surface area contributed by atoms with E-state index in [-0.39, 0.29) is 0 Å². The van der Waals surface area contributed by atoms with Crippen LogP contribution in [0.2, 0.25) is 0 Å². The second kappa shape index (κ2) is 4.11. The molecule has 0 fully saturated rings. The molecule has 4 heteroatoms. The van der Waals surface area contributed by atoms with Gasteiger partial charge in [-0.25, -0.2) is 4.98 Å². The molecule has 0 spiro atoms. The van der Waals surface area contributed by atoms with Crippen molar-refractivity contribution in [2.45, 2.75) is 12.2 Å². The third-order valence-electron chi connectivity index (χ3n) is 2.63. The first-order valence-electron chi connectivity index (χ1n) is 5.19. The molecule has 1 aliphatic rings. The average Bonchev–Trinajstić information content (AvgIpc) is 2.73. The van der Waals surface area contributed by atoms with Crippen LogP contribution in [0.15, 0.2) is 24.3 Å². The maximum atomic E-state index is 9.79. The Labute approximate surface area is 102 Å². The Morgan fingerprint density at radius 1 is 1.25 bits per heavy atom. The summed E-state index contributed by atoms with van der Waals surface area (Å²) in [5.74, 6) is 2.55. The van der Waals surface area contributed by atoms with Crippen molar-refractivity contribution in [3.8, 4) is 16.3 Å². The fraction of sp³-hybridized carbons (Fsp3) is 0.250. The van der Waals surface area contributed by atoms with E-state index in [9.17, 15) is 5.11 Å². The van der Waals surface area contributed by atoms with Crippen molar-refractivity contribution in [2.24, 2.45) is 0 Å². The van der Waals surface area contributed by atoms with E-state index in [1.165, 1.54) is 10.6 Å². The van der Waals surface area contributed by atoms with Crippen molar-refractivity contribution >= 4 is 23.1 Å². The van der Waals surface area contributed by atoms with Gasteiger partial charge in [0.25, 0.3) is 0 Å². The molecule has 1 aromatic carbocycles. The minimum atomic E-state index is 0.321. The van der Waals surface area contributed by atoms with E-state index in [0.717, 1.165) is 28.5 Å². The van der Waals surface area contributed by atoms with E-state index in [1.54, 1.807) is 17.4 Å². The van der Waals surface area contributed by atoms with E-state index in [2.05, 4.69) is 4.98 Å². The van der Waals surface area contributed by atoms with Crippen molar-refractivity contribution in [3.05, 3.63) is 34.8 Å². The Morgan fingerprint density at radius 2 is 2.12 bits per heavy atom. The first kappa shape index (κ1) is 10.2. The zero-order valence-electron chi connectivity index (χ0n) is 8.64. The third kappa shape index (κ3) is 1.72. The Morgan fingerprint density at radius 3 is 2.94 bits per heavy atom. The van der Waals surface area contributed by atoms with E-state index >= 15 is 0 Å². The summed E-state index contributed by atoms with van der Waals surface area (Å²) < 4.78 is 0. The number of aryl methyl sites for hydroxylation is 1. The highest BCUT2D eigenvalue weighted by atomic mass is 32.2. The number of phenolic OH excluding ortho intramolecular Hbond substituents is 1. The van der Waals surface area contributed by atoms with Crippen molar-refractivity contribution in [1.82, 2.24) is 4.98 Å². The smallest absolute Gasteiger partial charge is 0.127 e. The molecule has 82 valence electrons. The molecule has 0 saturated heterocycles. The summed E-state index contributed by atoms with van der Waals surface area (Å²) in [6.45, 7) is 0. The summed E-state index contributed by atoms with van der Waals surface area (Å²) in [6, 6.07) is 7.41. The van der Waals surface area contributed by atoms with Gasteiger partial charge in [-0.2, -0.15) is 11.8 Å². The van der Waals surface area contributed by atoms with Crippen LogP contribution in [0.3, 0.4) is 0 Å². The van der Waals surface area contributed by atoms with Gasteiger partial charge in [0.15, 0.2) is 0 Å². The molecule has 2 heterocycles. The number of phenols is 1. The molecule has 0 unspecified atom stereocenters. The summed E-state index contributed by atoms with van der Waals surface area (Å²) >= 11 is 3.67. The van der Waals surface area contributed by atoms with Crippen molar-refractivity contribution in [2.75, 3.05) is 5.75 Å². The molecule has 0 atom stereocenters. The largest absolute Gasteiger partial charge is 0.507 e. The quantitative estimate of drug-likeness (QED) is 0.841. The molecule has 1 aromatic heterocycles. The summed E-state index contributed by atoms with van der Waals surface area (Å²) in [4.78, 5) is 6.00. The first-order chi connectivity index (χ1) is 7.84. The Balaban J connectivity index is 2.07. The normalized spacial score (nSPS) is 14.8. The van der Waals surface area contributed by atoms with Crippen molar-refractivity contribution in [3.63, 3.8) is 0 Å². The third-order valence-corrected chi connectivity index (χ3v) is 4.93. The van der Waals surface area contributed by atoms with Crippen LogP contribution < -0.4 is 0 Å². The second-order valence-electron chi connectivity index (χ2n) is 3.71. The molecule has 1 aliphatic heterocycles. The van der Waals surface area contributed by atoms with Crippen LogP contribution in [0.25, 0.3) is 10.6 Å². The number of aromatic hydroxyl groups is 1. The molecule has 2 nitrogen and oxygen atoms in total. The zero-order valence-corrected chi connectivity index (χ0v) is 10.3. The van der Waals surface area contributed by atoms with Gasteiger partial charge in [-0.15, -0.1) is 11.3 Å². The van der Waals surface area contributed by atoms with Gasteiger partial charge in [-0.3, -0.25) is 0 Å². The number of thiazole rings is 1. The predicted molar refractivity (Wildman–Crippen MR) is 69.1 cm³/mol. The van der Waals surface area contributed by atoms with Gasteiger partial charge in [0.05, 0.1) is 11.3 Å². The number of aromatic nitrogens is 1. The summed E-state index contributed by atoms with van der Waals surface area (Å²) in [5, 5.41) is 10.7. The van der Waals surface area contributed by atoms with Gasteiger partial charge in [0.1, 0.15) is 10.8 Å². The second-order valence-corrected chi connectivity index (χ2v) is 5.90. The molecule has 16 heavy (non-hydrogen) atoms. The highest BCUT2D eigenvalue weighted by Gasteiger charge is 2.17. The lowest BCUT2D eigenvalue weighted by atomic mass is 10.2. The number of hydrogen-bond donors (Lipinski definition) is 1. The van der Waals surface area contributed by atoms with Gasteiger partial charge in [-0.1, -0.05) is 12.1 Å². The van der Waals surface area contributed by atoms with Crippen molar-refractivity contribution in [1.29, 1.82) is 0 Å². The Bertz CT molecular complexity index is 498. The molecule has 2 aromatic rings. The fourth-order valence-corrected chi connectivity index (χ4v) is 4.05. The van der Waals surface area contributed by atoms with Crippen LogP contribution >= 0.6 is 23.1 Å². The minimum absolute atomic E-state index is 0.321. The highest BCUT2D eigenvalue weighted by Crippen LogP contribution is 2.37. The molecule has 0 bridgehead atoms. The maximum absolute atomic E-state index is 9.79. The number of hydrogen-bond acceptors (Lipinski definition) is 4. The van der Waals surface area contributed by atoms with E-state index in [0.29, 0.717) is 5.75 Å². The molecular weight excluding hydrogens is 238 g/mol. The number of para-hydroxylation sites is 1. The lowest BCUT2D eigenvalue weighted by molar-refractivity contribution is 0.477.